The standard InChI is InChI=1S/C31H25NO7/c1-14-5-3-8-19(27(14)34)24-18-9-10-20-25(21(18)13-22-23(33)11-15(2)28(35)26(22)24)30(37)32(29(20)36)17-7-4-6-16(12-17)31(38)39/h3-9,11-12,20-21,24-25,34H,10,13H2,1-2H3,(H,38,39)/t20-,21+,24+,25-/m0/s1. The molecule has 1 heterocycles. The summed E-state index contributed by atoms with van der Waals surface area (Å²) in [4.78, 5) is 66.7. The summed E-state index contributed by atoms with van der Waals surface area (Å²) < 4.78 is 0. The molecule has 39 heavy (non-hydrogen) atoms. The minimum atomic E-state index is -1.17. The quantitative estimate of drug-likeness (QED) is 0.353. The second kappa shape index (κ2) is 8.73. The van der Waals surface area contributed by atoms with Crippen molar-refractivity contribution in [2.45, 2.75) is 32.6 Å². The number of rotatable bonds is 3. The highest BCUT2D eigenvalue weighted by Gasteiger charge is 2.56. The largest absolute Gasteiger partial charge is 0.507 e. The number of phenolic OH excluding ortho intramolecular Hbond substituents is 1. The average molecular weight is 524 g/mol. The van der Waals surface area contributed by atoms with Gasteiger partial charge < -0.3 is 10.2 Å². The molecular weight excluding hydrogens is 498 g/mol. The Kier molecular flexibility index (Phi) is 5.53. The lowest BCUT2D eigenvalue weighted by molar-refractivity contribution is -0.123. The number of ketones is 2. The number of hydrogen-bond donors (Lipinski definition) is 2. The summed E-state index contributed by atoms with van der Waals surface area (Å²) >= 11 is 0. The van der Waals surface area contributed by atoms with Crippen molar-refractivity contribution in [1.29, 1.82) is 0 Å². The topological polar surface area (TPSA) is 129 Å². The Morgan fingerprint density at radius 3 is 2.46 bits per heavy atom. The molecule has 4 atom stereocenters. The summed E-state index contributed by atoms with van der Waals surface area (Å²) in [6.45, 7) is 3.35. The van der Waals surface area contributed by atoms with Crippen LogP contribution in [0.3, 0.4) is 0 Å². The second-order valence-electron chi connectivity index (χ2n) is 10.6. The highest BCUT2D eigenvalue weighted by Crippen LogP contribution is 2.56. The van der Waals surface area contributed by atoms with E-state index in [9.17, 15) is 34.2 Å². The van der Waals surface area contributed by atoms with E-state index in [0.29, 0.717) is 27.8 Å². The Balaban J connectivity index is 1.49. The summed E-state index contributed by atoms with van der Waals surface area (Å²) in [6, 6.07) is 11.0. The van der Waals surface area contributed by atoms with E-state index in [2.05, 4.69) is 0 Å². The molecule has 0 saturated carbocycles. The van der Waals surface area contributed by atoms with Crippen molar-refractivity contribution in [2.24, 2.45) is 17.8 Å². The number of amides is 2. The van der Waals surface area contributed by atoms with E-state index in [1.165, 1.54) is 30.3 Å². The third kappa shape index (κ3) is 3.55. The van der Waals surface area contributed by atoms with Gasteiger partial charge in [0.15, 0.2) is 11.6 Å². The zero-order chi connectivity index (χ0) is 27.7. The number of phenols is 1. The number of carboxylic acids is 1. The number of aryl methyl sites for hydroxylation is 1. The van der Waals surface area contributed by atoms with Crippen molar-refractivity contribution in [3.8, 4) is 5.75 Å². The molecule has 2 amide bonds. The van der Waals surface area contributed by atoms with Gasteiger partial charge in [0.2, 0.25) is 11.8 Å². The number of allylic oxidation sites excluding steroid dienone is 6. The summed E-state index contributed by atoms with van der Waals surface area (Å²) in [5, 5.41) is 20.5. The van der Waals surface area contributed by atoms with Gasteiger partial charge in [-0.05, 0) is 62.4 Å². The first-order valence-electron chi connectivity index (χ1n) is 12.8. The van der Waals surface area contributed by atoms with Crippen LogP contribution in [0, 0.1) is 24.7 Å². The van der Waals surface area contributed by atoms with E-state index < -0.39 is 41.5 Å². The minimum Gasteiger partial charge on any atom is -0.507 e. The highest BCUT2D eigenvalue weighted by molar-refractivity contribution is 6.25. The fourth-order valence-electron chi connectivity index (χ4n) is 6.66. The van der Waals surface area contributed by atoms with Crippen LogP contribution in [0.15, 0.2) is 76.9 Å². The van der Waals surface area contributed by atoms with Crippen molar-refractivity contribution >= 4 is 35.0 Å². The maximum absolute atomic E-state index is 13.9. The maximum atomic E-state index is 13.9. The SMILES string of the molecule is CC1=CC(=O)C2=C(C1=O)[C@@H](c1cccc(C)c1O)C1=CC[C@@H]3C(=O)N(c4cccc(C(=O)O)c4)C(=O)[C@@H]3[C@@H]1C2. The van der Waals surface area contributed by atoms with Crippen molar-refractivity contribution in [2.75, 3.05) is 4.90 Å². The molecule has 4 aliphatic rings. The second-order valence-corrected chi connectivity index (χ2v) is 10.6. The monoisotopic (exact) mass is 523 g/mol. The Morgan fingerprint density at radius 2 is 1.72 bits per heavy atom. The molecule has 6 rings (SSSR count). The van der Waals surface area contributed by atoms with Crippen LogP contribution in [-0.4, -0.2) is 39.6 Å². The van der Waals surface area contributed by atoms with Crippen molar-refractivity contribution in [1.82, 2.24) is 0 Å². The zero-order valence-electron chi connectivity index (χ0n) is 21.3. The molecule has 1 saturated heterocycles. The lowest BCUT2D eigenvalue weighted by Gasteiger charge is -2.42. The molecule has 3 aliphatic carbocycles. The van der Waals surface area contributed by atoms with Crippen LogP contribution in [0.1, 0.15) is 47.2 Å². The number of fused-ring (bicyclic) bond motifs is 3. The Morgan fingerprint density at radius 1 is 0.974 bits per heavy atom. The summed E-state index contributed by atoms with van der Waals surface area (Å²) in [5.74, 6) is -5.34. The van der Waals surface area contributed by atoms with E-state index in [1.54, 1.807) is 32.0 Å². The molecule has 8 nitrogen and oxygen atoms in total. The van der Waals surface area contributed by atoms with E-state index >= 15 is 0 Å². The van der Waals surface area contributed by atoms with Gasteiger partial charge in [-0.3, -0.25) is 24.1 Å². The van der Waals surface area contributed by atoms with Gasteiger partial charge in [-0.2, -0.15) is 0 Å². The Bertz CT molecular complexity index is 1620. The van der Waals surface area contributed by atoms with E-state index in [4.69, 9.17) is 0 Å². The van der Waals surface area contributed by atoms with Gasteiger partial charge in [-0.25, -0.2) is 4.79 Å². The third-order valence-corrected chi connectivity index (χ3v) is 8.50. The van der Waals surface area contributed by atoms with Crippen LogP contribution in [0.25, 0.3) is 0 Å². The van der Waals surface area contributed by atoms with Crippen LogP contribution in [0.5, 0.6) is 5.75 Å². The lowest BCUT2D eigenvalue weighted by Crippen LogP contribution is -2.39. The molecule has 196 valence electrons. The fourth-order valence-corrected chi connectivity index (χ4v) is 6.66. The van der Waals surface area contributed by atoms with Gasteiger partial charge in [0.1, 0.15) is 5.75 Å². The normalized spacial score (nSPS) is 26.2. The number of nitrogens with zero attached hydrogens (tertiary/aromatic N) is 1. The minimum absolute atomic E-state index is 0.0198. The molecule has 2 aromatic carbocycles. The molecule has 0 bridgehead atoms. The number of para-hydroxylation sites is 1. The fraction of sp³-hybridized carbons (Fsp3) is 0.258. The number of imide groups is 1. The van der Waals surface area contributed by atoms with Gasteiger partial charge in [0, 0.05) is 28.2 Å². The van der Waals surface area contributed by atoms with Crippen molar-refractivity contribution in [3.63, 3.8) is 0 Å². The summed E-state index contributed by atoms with van der Waals surface area (Å²) in [6.07, 6.45) is 3.57. The first-order chi connectivity index (χ1) is 18.6. The molecule has 0 radical (unpaired) electrons. The van der Waals surface area contributed by atoms with Gasteiger partial charge in [0.25, 0.3) is 0 Å². The number of aromatic hydroxyl groups is 1. The molecule has 1 aliphatic heterocycles. The smallest absolute Gasteiger partial charge is 0.335 e. The van der Waals surface area contributed by atoms with Crippen LogP contribution in [-0.2, 0) is 19.2 Å². The number of hydrogen-bond acceptors (Lipinski definition) is 6. The van der Waals surface area contributed by atoms with E-state index in [0.717, 1.165) is 10.5 Å². The zero-order valence-corrected chi connectivity index (χ0v) is 21.3. The molecule has 0 spiro atoms. The van der Waals surface area contributed by atoms with Gasteiger partial charge in [0.05, 0.1) is 23.1 Å². The van der Waals surface area contributed by atoms with Crippen LogP contribution >= 0.6 is 0 Å². The predicted octanol–water partition coefficient (Wildman–Crippen LogP) is 4.03. The molecule has 0 unspecified atom stereocenters. The Hall–Kier alpha value is -4.59. The van der Waals surface area contributed by atoms with Crippen LogP contribution in [0.2, 0.25) is 0 Å². The van der Waals surface area contributed by atoms with E-state index in [1.807, 2.05) is 6.08 Å². The number of anilines is 1. The van der Waals surface area contributed by atoms with Crippen LogP contribution < -0.4 is 4.90 Å². The summed E-state index contributed by atoms with van der Waals surface area (Å²) in [7, 11) is 0. The number of Topliss-reactive ketones (excluding diaryl/α,β-unsaturated/α-hetero) is 1. The first kappa shape index (κ1) is 24.7. The molecular formula is C31H25NO7. The molecule has 1 fully saturated rings. The van der Waals surface area contributed by atoms with Crippen molar-refractivity contribution < 1.29 is 34.2 Å². The highest BCUT2D eigenvalue weighted by atomic mass is 16.4. The van der Waals surface area contributed by atoms with Gasteiger partial charge in [-0.1, -0.05) is 35.9 Å². The number of benzene rings is 2. The lowest BCUT2D eigenvalue weighted by atomic mass is 9.59. The molecule has 8 heteroatoms. The number of carbonyl (C=O) groups excluding carboxylic acids is 4. The predicted molar refractivity (Wildman–Crippen MR) is 140 cm³/mol. The van der Waals surface area contributed by atoms with E-state index in [-0.39, 0.29) is 41.4 Å². The van der Waals surface area contributed by atoms with Gasteiger partial charge in [-0.15, -0.1) is 0 Å². The van der Waals surface area contributed by atoms with Crippen molar-refractivity contribution in [3.05, 3.63) is 93.6 Å². The number of carboxylic acid groups (broad SMARTS) is 1. The maximum Gasteiger partial charge on any atom is 0.335 e. The Labute approximate surface area is 223 Å². The molecule has 2 N–H and O–H groups in total. The average Bonchev–Trinajstić information content (AvgIpc) is 3.17. The summed E-state index contributed by atoms with van der Waals surface area (Å²) in [5.41, 5.74) is 2.94. The molecule has 2 aromatic rings. The first-order valence-corrected chi connectivity index (χ1v) is 12.8. The number of carbonyl (C=O) groups is 5. The van der Waals surface area contributed by atoms with Crippen LogP contribution in [0.4, 0.5) is 5.69 Å². The molecule has 0 aromatic heterocycles. The third-order valence-electron chi connectivity index (χ3n) is 8.50. The number of aromatic carboxylic acids is 1. The van der Waals surface area contributed by atoms with Gasteiger partial charge >= 0.3 is 5.97 Å².